The number of allylic oxidation sites excluding steroid dienone is 1. The van der Waals surface area contributed by atoms with Crippen molar-refractivity contribution in [2.75, 3.05) is 27.9 Å². The molecule has 0 aromatic heterocycles. The summed E-state index contributed by atoms with van der Waals surface area (Å²) in [4.78, 5) is 13.2. The van der Waals surface area contributed by atoms with Crippen LogP contribution in [0.2, 0.25) is 5.02 Å². The number of halogens is 1. The molecule has 9 heteroatoms. The molecule has 0 bridgehead atoms. The molecule has 0 saturated heterocycles. The highest BCUT2D eigenvalue weighted by atomic mass is 35.5. The van der Waals surface area contributed by atoms with Gasteiger partial charge in [0.15, 0.2) is 11.5 Å². The van der Waals surface area contributed by atoms with Crippen molar-refractivity contribution < 1.29 is 28.5 Å². The number of carbonyl (C=O) groups is 1. The van der Waals surface area contributed by atoms with E-state index in [-0.39, 0.29) is 29.4 Å². The maximum atomic E-state index is 13.2. The van der Waals surface area contributed by atoms with Crippen LogP contribution in [0.4, 0.5) is 0 Å². The van der Waals surface area contributed by atoms with Gasteiger partial charge >= 0.3 is 5.97 Å². The number of benzene rings is 2. The van der Waals surface area contributed by atoms with Gasteiger partial charge in [-0.3, -0.25) is 0 Å². The average Bonchev–Trinajstić information content (AvgIpc) is 2.82. The molecule has 3 rings (SSSR count). The first-order valence-electron chi connectivity index (χ1n) is 9.94. The van der Waals surface area contributed by atoms with Gasteiger partial charge in [0, 0.05) is 10.6 Å². The van der Waals surface area contributed by atoms with Gasteiger partial charge in [-0.15, -0.1) is 0 Å². The Bertz CT molecular complexity index is 1140. The molecule has 33 heavy (non-hydrogen) atoms. The van der Waals surface area contributed by atoms with Crippen LogP contribution in [0.3, 0.4) is 0 Å². The van der Waals surface area contributed by atoms with Crippen molar-refractivity contribution in [1.29, 1.82) is 5.26 Å². The summed E-state index contributed by atoms with van der Waals surface area (Å²) in [5.41, 5.74) is 7.34. The number of nitrogens with two attached hydrogens (primary N) is 1. The SMILES string of the molecule is CCOC(=O)C1=C(c2ccc(Cl)cc2)OC(N)=C(C#N)C1c1cc(OC)c(OC)c(OC)c1. The second kappa shape index (κ2) is 10.2. The summed E-state index contributed by atoms with van der Waals surface area (Å²) in [5.74, 6) is -0.458. The summed E-state index contributed by atoms with van der Waals surface area (Å²) in [6, 6.07) is 12.1. The van der Waals surface area contributed by atoms with Gasteiger partial charge in [-0.1, -0.05) is 11.6 Å². The Balaban J connectivity index is 2.35. The molecular weight excluding hydrogens is 448 g/mol. The van der Waals surface area contributed by atoms with Crippen LogP contribution in [0.15, 0.2) is 53.4 Å². The van der Waals surface area contributed by atoms with Crippen LogP contribution in [0.5, 0.6) is 17.2 Å². The van der Waals surface area contributed by atoms with E-state index < -0.39 is 11.9 Å². The van der Waals surface area contributed by atoms with Crippen molar-refractivity contribution in [3.63, 3.8) is 0 Å². The Labute approximate surface area is 196 Å². The number of rotatable bonds is 7. The zero-order valence-electron chi connectivity index (χ0n) is 18.6. The monoisotopic (exact) mass is 470 g/mol. The Morgan fingerprint density at radius 1 is 1.12 bits per heavy atom. The van der Waals surface area contributed by atoms with Gasteiger partial charge in [0.05, 0.1) is 39.4 Å². The number of methoxy groups -OCH3 is 3. The Kier molecular flexibility index (Phi) is 7.36. The zero-order valence-corrected chi connectivity index (χ0v) is 19.4. The number of nitriles is 1. The lowest BCUT2D eigenvalue weighted by Crippen LogP contribution is -2.26. The van der Waals surface area contributed by atoms with Gasteiger partial charge in [-0.05, 0) is 48.9 Å². The van der Waals surface area contributed by atoms with E-state index in [0.29, 0.717) is 33.4 Å². The van der Waals surface area contributed by atoms with Crippen LogP contribution in [-0.2, 0) is 14.3 Å². The largest absolute Gasteiger partial charge is 0.493 e. The quantitative estimate of drug-likeness (QED) is 0.600. The van der Waals surface area contributed by atoms with E-state index in [1.165, 1.54) is 21.3 Å². The summed E-state index contributed by atoms with van der Waals surface area (Å²) in [5, 5.41) is 10.4. The lowest BCUT2D eigenvalue weighted by Gasteiger charge is -2.29. The molecule has 1 aliphatic heterocycles. The summed E-state index contributed by atoms with van der Waals surface area (Å²) in [6.07, 6.45) is 0. The summed E-state index contributed by atoms with van der Waals surface area (Å²) >= 11 is 6.03. The van der Waals surface area contributed by atoms with Crippen LogP contribution < -0.4 is 19.9 Å². The van der Waals surface area contributed by atoms with Crippen molar-refractivity contribution in [2.45, 2.75) is 12.8 Å². The fourth-order valence-electron chi connectivity index (χ4n) is 3.59. The van der Waals surface area contributed by atoms with Crippen LogP contribution in [0.1, 0.15) is 24.0 Å². The summed E-state index contributed by atoms with van der Waals surface area (Å²) < 4.78 is 27.4. The number of ether oxygens (including phenoxy) is 5. The van der Waals surface area contributed by atoms with E-state index in [0.717, 1.165) is 0 Å². The summed E-state index contributed by atoms with van der Waals surface area (Å²) in [7, 11) is 4.43. The van der Waals surface area contributed by atoms with Crippen molar-refractivity contribution >= 4 is 23.3 Å². The van der Waals surface area contributed by atoms with Crippen molar-refractivity contribution in [1.82, 2.24) is 0 Å². The van der Waals surface area contributed by atoms with E-state index in [9.17, 15) is 10.1 Å². The molecule has 0 radical (unpaired) electrons. The standard InChI is InChI=1S/C24H23ClN2O6/c1-5-32-24(28)20-19(14-10-17(29-2)22(31-4)18(11-14)30-3)16(12-26)23(27)33-21(20)13-6-8-15(25)9-7-13/h6-11,19H,5,27H2,1-4H3. The number of hydrogen-bond donors (Lipinski definition) is 1. The minimum atomic E-state index is -0.915. The molecular formula is C24H23ClN2O6. The second-order valence-electron chi connectivity index (χ2n) is 6.85. The summed E-state index contributed by atoms with van der Waals surface area (Å²) in [6.45, 7) is 1.81. The molecule has 0 amide bonds. The number of hydrogen-bond acceptors (Lipinski definition) is 8. The zero-order chi connectivity index (χ0) is 24.1. The smallest absolute Gasteiger partial charge is 0.338 e. The fourth-order valence-corrected chi connectivity index (χ4v) is 3.72. The molecule has 0 saturated carbocycles. The first kappa shape index (κ1) is 23.8. The highest BCUT2D eigenvalue weighted by molar-refractivity contribution is 6.30. The van der Waals surface area contributed by atoms with E-state index in [4.69, 9.17) is 41.0 Å². The van der Waals surface area contributed by atoms with E-state index >= 15 is 0 Å². The molecule has 2 N–H and O–H groups in total. The maximum Gasteiger partial charge on any atom is 0.338 e. The van der Waals surface area contributed by atoms with Crippen LogP contribution >= 0.6 is 11.6 Å². The Hall–Kier alpha value is -3.83. The third-order valence-electron chi connectivity index (χ3n) is 5.04. The lowest BCUT2D eigenvalue weighted by molar-refractivity contribution is -0.138. The van der Waals surface area contributed by atoms with Crippen molar-refractivity contribution in [3.8, 4) is 23.3 Å². The minimum Gasteiger partial charge on any atom is -0.493 e. The molecule has 8 nitrogen and oxygen atoms in total. The Morgan fingerprint density at radius 3 is 2.21 bits per heavy atom. The van der Waals surface area contributed by atoms with E-state index in [1.54, 1.807) is 43.3 Å². The number of carbonyl (C=O) groups excluding carboxylic acids is 1. The van der Waals surface area contributed by atoms with Gasteiger partial charge in [0.1, 0.15) is 17.4 Å². The van der Waals surface area contributed by atoms with Gasteiger partial charge in [0.25, 0.3) is 0 Å². The molecule has 1 aliphatic rings. The van der Waals surface area contributed by atoms with E-state index in [2.05, 4.69) is 6.07 Å². The second-order valence-corrected chi connectivity index (χ2v) is 7.29. The van der Waals surface area contributed by atoms with Crippen LogP contribution in [0.25, 0.3) is 5.76 Å². The maximum absolute atomic E-state index is 13.2. The first-order valence-corrected chi connectivity index (χ1v) is 10.3. The van der Waals surface area contributed by atoms with Crippen LogP contribution in [0, 0.1) is 11.3 Å². The molecule has 2 aromatic rings. The highest BCUT2D eigenvalue weighted by Gasteiger charge is 2.39. The van der Waals surface area contributed by atoms with E-state index in [1.807, 2.05) is 0 Å². The van der Waals surface area contributed by atoms with Gasteiger partial charge in [-0.25, -0.2) is 4.79 Å². The van der Waals surface area contributed by atoms with Crippen molar-refractivity contribution in [3.05, 3.63) is 69.6 Å². The molecule has 2 aromatic carbocycles. The van der Waals surface area contributed by atoms with Crippen molar-refractivity contribution in [2.24, 2.45) is 5.73 Å². The average molecular weight is 471 g/mol. The van der Waals surface area contributed by atoms with Gasteiger partial charge in [-0.2, -0.15) is 5.26 Å². The highest BCUT2D eigenvalue weighted by Crippen LogP contribution is 2.47. The molecule has 1 heterocycles. The topological polar surface area (TPSA) is 113 Å². The fraction of sp³-hybridized carbons (Fsp3) is 0.250. The van der Waals surface area contributed by atoms with Gasteiger partial charge in [0.2, 0.25) is 11.6 Å². The van der Waals surface area contributed by atoms with Gasteiger partial charge < -0.3 is 29.4 Å². The lowest BCUT2D eigenvalue weighted by atomic mass is 9.81. The normalized spacial score (nSPS) is 15.5. The number of esters is 1. The third kappa shape index (κ3) is 4.54. The number of nitrogens with zero attached hydrogens (tertiary/aromatic N) is 1. The first-order chi connectivity index (χ1) is 15.9. The molecule has 172 valence electrons. The molecule has 1 atom stereocenters. The molecule has 0 aliphatic carbocycles. The molecule has 0 spiro atoms. The molecule has 1 unspecified atom stereocenters. The Morgan fingerprint density at radius 2 is 1.73 bits per heavy atom. The predicted molar refractivity (Wildman–Crippen MR) is 122 cm³/mol. The minimum absolute atomic E-state index is 0.0463. The molecule has 0 fully saturated rings. The predicted octanol–water partition coefficient (Wildman–Crippen LogP) is 4.15. The van der Waals surface area contributed by atoms with Crippen LogP contribution in [-0.4, -0.2) is 33.9 Å². The third-order valence-corrected chi connectivity index (χ3v) is 5.29.